The average Bonchev–Trinajstić information content (AvgIpc) is 2.36. The maximum absolute atomic E-state index is 12.3. The summed E-state index contributed by atoms with van der Waals surface area (Å²) in [5.74, 6) is 0.174. The molecule has 0 bridgehead atoms. The summed E-state index contributed by atoms with van der Waals surface area (Å²) in [5.41, 5.74) is -0.853. The fourth-order valence-corrected chi connectivity index (χ4v) is 2.59. The highest BCUT2D eigenvalue weighted by Crippen LogP contribution is 2.35. The first-order chi connectivity index (χ1) is 8.17. The lowest BCUT2D eigenvalue weighted by Crippen LogP contribution is -2.38. The molecule has 1 aliphatic rings. The van der Waals surface area contributed by atoms with Crippen molar-refractivity contribution in [3.63, 3.8) is 0 Å². The second kappa shape index (κ2) is 6.53. The third-order valence-corrected chi connectivity index (χ3v) is 3.61. The van der Waals surface area contributed by atoms with Crippen molar-refractivity contribution in [2.75, 3.05) is 0 Å². The number of Topliss-reactive ketones (excluding diaryl/α,β-unsaturated/α-hetero) is 2. The maximum Gasteiger partial charge on any atom is 0.147 e. The van der Waals surface area contributed by atoms with Crippen LogP contribution in [0, 0.1) is 5.41 Å². The van der Waals surface area contributed by atoms with Gasteiger partial charge in [0.15, 0.2) is 0 Å². The summed E-state index contributed by atoms with van der Waals surface area (Å²) in [5, 5.41) is 0. The predicted molar refractivity (Wildman–Crippen MR) is 69.8 cm³/mol. The zero-order chi connectivity index (χ0) is 12.7. The standard InChI is InChI=1S/C15H22O2/c1-3-11-15(12-4-2)13(16)9-7-5-6-8-10-14(15)17/h3-4H,1-2,5-12H2. The van der Waals surface area contributed by atoms with Gasteiger partial charge in [0.25, 0.3) is 0 Å². The molecular formula is C15H22O2. The third-order valence-electron chi connectivity index (χ3n) is 3.61. The highest BCUT2D eigenvalue weighted by molar-refractivity contribution is 6.07. The normalized spacial score (nSPS) is 21.2. The minimum absolute atomic E-state index is 0.0872. The van der Waals surface area contributed by atoms with Gasteiger partial charge in [0.2, 0.25) is 0 Å². The molecule has 17 heavy (non-hydrogen) atoms. The topological polar surface area (TPSA) is 34.1 Å². The first-order valence-electron chi connectivity index (χ1n) is 6.46. The van der Waals surface area contributed by atoms with Gasteiger partial charge in [-0.1, -0.05) is 25.0 Å². The number of ketones is 2. The molecule has 0 amide bonds. The Morgan fingerprint density at radius 3 is 1.65 bits per heavy atom. The summed E-state index contributed by atoms with van der Waals surface area (Å²) < 4.78 is 0. The van der Waals surface area contributed by atoms with Crippen LogP contribution < -0.4 is 0 Å². The summed E-state index contributed by atoms with van der Waals surface area (Å²) >= 11 is 0. The summed E-state index contributed by atoms with van der Waals surface area (Å²) in [6.07, 6.45) is 9.25. The Labute approximate surface area is 104 Å². The second-order valence-corrected chi connectivity index (χ2v) is 4.83. The molecule has 0 aromatic rings. The molecule has 0 aliphatic heterocycles. The van der Waals surface area contributed by atoms with Crippen LogP contribution >= 0.6 is 0 Å². The van der Waals surface area contributed by atoms with E-state index in [4.69, 9.17) is 0 Å². The van der Waals surface area contributed by atoms with Gasteiger partial charge in [0, 0.05) is 12.8 Å². The monoisotopic (exact) mass is 234 g/mol. The SMILES string of the molecule is C=CCC1(CC=C)C(=O)CCCCCCC1=O. The van der Waals surface area contributed by atoms with E-state index in [0.29, 0.717) is 25.7 Å². The van der Waals surface area contributed by atoms with Gasteiger partial charge in [-0.3, -0.25) is 9.59 Å². The highest BCUT2D eigenvalue weighted by atomic mass is 16.2. The van der Waals surface area contributed by atoms with Crippen LogP contribution in [0.3, 0.4) is 0 Å². The van der Waals surface area contributed by atoms with Crippen LogP contribution in [0.25, 0.3) is 0 Å². The number of allylic oxidation sites excluding steroid dienone is 2. The Kier molecular flexibility index (Phi) is 5.33. The van der Waals surface area contributed by atoms with E-state index in [0.717, 1.165) is 25.7 Å². The zero-order valence-corrected chi connectivity index (χ0v) is 10.5. The largest absolute Gasteiger partial charge is 0.299 e. The molecule has 1 rings (SSSR count). The van der Waals surface area contributed by atoms with Crippen molar-refractivity contribution in [1.82, 2.24) is 0 Å². The van der Waals surface area contributed by atoms with Gasteiger partial charge in [0.05, 0.1) is 5.41 Å². The van der Waals surface area contributed by atoms with Crippen LogP contribution in [-0.4, -0.2) is 11.6 Å². The molecule has 1 saturated carbocycles. The van der Waals surface area contributed by atoms with Crippen LogP contribution in [0.5, 0.6) is 0 Å². The molecule has 0 saturated heterocycles. The Morgan fingerprint density at radius 2 is 1.29 bits per heavy atom. The van der Waals surface area contributed by atoms with Crippen molar-refractivity contribution < 1.29 is 9.59 Å². The molecule has 0 aromatic carbocycles. The first-order valence-corrected chi connectivity index (χ1v) is 6.46. The molecule has 0 radical (unpaired) electrons. The Balaban J connectivity index is 3.03. The Morgan fingerprint density at radius 1 is 0.882 bits per heavy atom. The van der Waals surface area contributed by atoms with Crippen molar-refractivity contribution in [2.45, 2.75) is 51.4 Å². The van der Waals surface area contributed by atoms with Gasteiger partial charge < -0.3 is 0 Å². The molecule has 1 fully saturated rings. The molecule has 0 N–H and O–H groups in total. The fourth-order valence-electron chi connectivity index (χ4n) is 2.59. The number of hydrogen-bond donors (Lipinski definition) is 0. The summed E-state index contributed by atoms with van der Waals surface area (Å²) in [7, 11) is 0. The van der Waals surface area contributed by atoms with E-state index in [2.05, 4.69) is 13.2 Å². The molecule has 0 heterocycles. The van der Waals surface area contributed by atoms with E-state index in [1.165, 1.54) is 0 Å². The van der Waals surface area contributed by atoms with Gasteiger partial charge in [0.1, 0.15) is 11.6 Å². The summed E-state index contributed by atoms with van der Waals surface area (Å²) in [4.78, 5) is 24.6. The van der Waals surface area contributed by atoms with Crippen LogP contribution in [0.15, 0.2) is 25.3 Å². The van der Waals surface area contributed by atoms with Crippen molar-refractivity contribution in [1.29, 1.82) is 0 Å². The van der Waals surface area contributed by atoms with Gasteiger partial charge in [-0.15, -0.1) is 13.2 Å². The van der Waals surface area contributed by atoms with Gasteiger partial charge in [-0.25, -0.2) is 0 Å². The third kappa shape index (κ3) is 3.15. The zero-order valence-electron chi connectivity index (χ0n) is 10.5. The van der Waals surface area contributed by atoms with E-state index in [1.807, 2.05) is 0 Å². The lowest BCUT2D eigenvalue weighted by Gasteiger charge is -2.28. The van der Waals surface area contributed by atoms with E-state index in [-0.39, 0.29) is 11.6 Å². The van der Waals surface area contributed by atoms with Crippen molar-refractivity contribution in [3.8, 4) is 0 Å². The van der Waals surface area contributed by atoms with Crippen molar-refractivity contribution in [3.05, 3.63) is 25.3 Å². The minimum atomic E-state index is -0.853. The maximum atomic E-state index is 12.3. The van der Waals surface area contributed by atoms with Gasteiger partial charge in [-0.2, -0.15) is 0 Å². The molecule has 2 nitrogen and oxygen atoms in total. The van der Waals surface area contributed by atoms with E-state index in [1.54, 1.807) is 12.2 Å². The number of hydrogen-bond acceptors (Lipinski definition) is 2. The molecule has 94 valence electrons. The van der Waals surface area contributed by atoms with Gasteiger partial charge in [-0.05, 0) is 25.7 Å². The van der Waals surface area contributed by atoms with Crippen LogP contribution in [-0.2, 0) is 9.59 Å². The average molecular weight is 234 g/mol. The predicted octanol–water partition coefficient (Wildman–Crippen LogP) is 3.62. The van der Waals surface area contributed by atoms with Gasteiger partial charge >= 0.3 is 0 Å². The molecular weight excluding hydrogens is 212 g/mol. The summed E-state index contributed by atoms with van der Waals surface area (Å²) in [6, 6.07) is 0. The van der Waals surface area contributed by atoms with E-state index in [9.17, 15) is 9.59 Å². The number of carbonyl (C=O) groups excluding carboxylic acids is 2. The Hall–Kier alpha value is -1.18. The van der Waals surface area contributed by atoms with E-state index >= 15 is 0 Å². The first kappa shape index (κ1) is 13.9. The van der Waals surface area contributed by atoms with Crippen molar-refractivity contribution >= 4 is 11.6 Å². The Bertz CT molecular complexity index is 283. The molecule has 0 atom stereocenters. The second-order valence-electron chi connectivity index (χ2n) is 4.83. The van der Waals surface area contributed by atoms with Crippen LogP contribution in [0.1, 0.15) is 51.4 Å². The van der Waals surface area contributed by atoms with Crippen molar-refractivity contribution in [2.24, 2.45) is 5.41 Å². The number of carbonyl (C=O) groups is 2. The quantitative estimate of drug-likeness (QED) is 0.550. The lowest BCUT2D eigenvalue weighted by atomic mass is 9.71. The minimum Gasteiger partial charge on any atom is -0.299 e. The summed E-state index contributed by atoms with van der Waals surface area (Å²) in [6.45, 7) is 7.38. The molecule has 0 aromatic heterocycles. The molecule has 2 heteroatoms. The fraction of sp³-hybridized carbons (Fsp3) is 0.600. The molecule has 0 spiro atoms. The molecule has 0 unspecified atom stereocenters. The van der Waals surface area contributed by atoms with E-state index < -0.39 is 5.41 Å². The lowest BCUT2D eigenvalue weighted by molar-refractivity contribution is -0.140. The number of rotatable bonds is 4. The van der Waals surface area contributed by atoms with Crippen LogP contribution in [0.4, 0.5) is 0 Å². The smallest absolute Gasteiger partial charge is 0.147 e. The highest BCUT2D eigenvalue weighted by Gasteiger charge is 2.41. The molecule has 1 aliphatic carbocycles. The van der Waals surface area contributed by atoms with Crippen LogP contribution in [0.2, 0.25) is 0 Å².